The second-order valence-electron chi connectivity index (χ2n) is 7.07. The first-order chi connectivity index (χ1) is 15.6. The van der Waals surface area contributed by atoms with Crippen molar-refractivity contribution in [1.82, 2.24) is 24.3 Å². The average molecular weight is 431 g/mol. The number of halogens is 1. The van der Waals surface area contributed by atoms with E-state index in [1.165, 1.54) is 21.2 Å². The van der Waals surface area contributed by atoms with Crippen molar-refractivity contribution in [3.63, 3.8) is 0 Å². The Balaban J connectivity index is 1.42. The van der Waals surface area contributed by atoms with Gasteiger partial charge in [0.2, 0.25) is 11.7 Å². The van der Waals surface area contributed by atoms with E-state index in [1.54, 1.807) is 30.6 Å². The molecule has 0 atom stereocenters. The first-order valence-corrected chi connectivity index (χ1v) is 10.0. The topological polar surface area (TPSA) is 87.5 Å². The zero-order valence-corrected chi connectivity index (χ0v) is 17.1. The highest BCUT2D eigenvalue weighted by molar-refractivity contribution is 5.66. The van der Waals surface area contributed by atoms with Crippen LogP contribution in [0.1, 0.15) is 12.8 Å². The van der Waals surface area contributed by atoms with Crippen molar-refractivity contribution in [2.75, 3.05) is 6.61 Å². The van der Waals surface area contributed by atoms with Crippen LogP contribution >= 0.6 is 0 Å². The molecule has 5 aromatic rings. The molecule has 0 aliphatic rings. The van der Waals surface area contributed by atoms with Crippen molar-refractivity contribution in [2.24, 2.45) is 0 Å². The van der Waals surface area contributed by atoms with Gasteiger partial charge in [-0.25, -0.2) is 8.91 Å². The van der Waals surface area contributed by atoms with Gasteiger partial charge < -0.3 is 13.8 Å². The van der Waals surface area contributed by atoms with Crippen LogP contribution in [0.25, 0.3) is 28.2 Å². The van der Waals surface area contributed by atoms with E-state index >= 15 is 0 Å². The minimum absolute atomic E-state index is 0.0845. The molecule has 0 aliphatic carbocycles. The number of benzene rings is 2. The molecular formula is C23H18FN5O3. The fourth-order valence-electron chi connectivity index (χ4n) is 3.39. The molecule has 0 aliphatic heterocycles. The normalized spacial score (nSPS) is 11.2. The second-order valence-corrected chi connectivity index (χ2v) is 7.07. The molecule has 3 aromatic heterocycles. The highest BCUT2D eigenvalue weighted by Crippen LogP contribution is 2.22. The van der Waals surface area contributed by atoms with Gasteiger partial charge in [-0.3, -0.25) is 4.79 Å². The smallest absolute Gasteiger partial charge is 0.277 e. The number of hydrogen-bond donors (Lipinski definition) is 0. The quantitative estimate of drug-likeness (QED) is 0.406. The van der Waals surface area contributed by atoms with Crippen molar-refractivity contribution in [3.05, 3.63) is 89.1 Å². The average Bonchev–Trinajstić information content (AvgIpc) is 3.44. The molecule has 0 radical (unpaired) electrons. The van der Waals surface area contributed by atoms with Gasteiger partial charge in [0.25, 0.3) is 5.56 Å². The molecule has 32 heavy (non-hydrogen) atoms. The summed E-state index contributed by atoms with van der Waals surface area (Å²) < 4.78 is 27.2. The zero-order chi connectivity index (χ0) is 22.1. The van der Waals surface area contributed by atoms with Gasteiger partial charge >= 0.3 is 0 Å². The van der Waals surface area contributed by atoms with Gasteiger partial charge in [0, 0.05) is 23.5 Å². The van der Waals surface area contributed by atoms with Crippen LogP contribution in [-0.2, 0) is 6.54 Å². The predicted octanol–water partition coefficient (Wildman–Crippen LogP) is 3.80. The molecule has 8 nitrogen and oxygen atoms in total. The maximum atomic E-state index is 13.4. The van der Waals surface area contributed by atoms with Crippen LogP contribution in [0.3, 0.4) is 0 Å². The molecular weight excluding hydrogens is 413 g/mol. The van der Waals surface area contributed by atoms with Gasteiger partial charge in [0.05, 0.1) is 12.3 Å². The first-order valence-electron chi connectivity index (χ1n) is 10.0. The van der Waals surface area contributed by atoms with Crippen molar-refractivity contribution < 1.29 is 13.7 Å². The molecule has 3 heterocycles. The lowest BCUT2D eigenvalue weighted by molar-refractivity contribution is 0.340. The summed E-state index contributed by atoms with van der Waals surface area (Å²) in [4.78, 5) is 17.3. The Morgan fingerprint density at radius 3 is 2.69 bits per heavy atom. The van der Waals surface area contributed by atoms with E-state index in [-0.39, 0.29) is 29.6 Å². The number of nitrogens with zero attached hydrogens (tertiary/aromatic N) is 5. The molecule has 0 amide bonds. The fourth-order valence-corrected chi connectivity index (χ4v) is 3.39. The summed E-state index contributed by atoms with van der Waals surface area (Å²) in [5.74, 6) is 0.886. The third-order valence-corrected chi connectivity index (χ3v) is 4.92. The van der Waals surface area contributed by atoms with Crippen LogP contribution in [-0.4, -0.2) is 30.9 Å². The SMILES string of the molecule is CCOc1ccc(-c2cc3c(=O)n(Cc4nc(-c5cccc(F)c5)no4)ccn3n2)cc1. The third kappa shape index (κ3) is 3.76. The number of aromatic nitrogens is 5. The van der Waals surface area contributed by atoms with Gasteiger partial charge in [0.1, 0.15) is 23.6 Å². The standard InChI is InChI=1S/C23H18FN5O3/c1-2-31-18-8-6-15(7-9-18)19-13-20-23(30)28(10-11-29(20)26-19)14-21-25-22(27-32-21)16-4-3-5-17(24)12-16/h3-13H,2,14H2,1H3. The van der Waals surface area contributed by atoms with Crippen molar-refractivity contribution in [3.8, 4) is 28.4 Å². The van der Waals surface area contributed by atoms with Gasteiger partial charge in [-0.05, 0) is 49.4 Å². The second kappa shape index (κ2) is 8.10. The summed E-state index contributed by atoms with van der Waals surface area (Å²) in [5.41, 5.74) is 2.22. The summed E-state index contributed by atoms with van der Waals surface area (Å²) in [6.07, 6.45) is 3.30. The Morgan fingerprint density at radius 2 is 1.91 bits per heavy atom. The van der Waals surface area contributed by atoms with Gasteiger partial charge in [0.15, 0.2) is 0 Å². The molecule has 160 valence electrons. The van der Waals surface area contributed by atoms with Gasteiger partial charge in [-0.2, -0.15) is 10.1 Å². The van der Waals surface area contributed by atoms with Crippen LogP contribution in [0, 0.1) is 5.82 Å². The van der Waals surface area contributed by atoms with Crippen LogP contribution in [0.2, 0.25) is 0 Å². The molecule has 9 heteroatoms. The van der Waals surface area contributed by atoms with E-state index < -0.39 is 0 Å². The lowest BCUT2D eigenvalue weighted by Crippen LogP contribution is -2.21. The third-order valence-electron chi connectivity index (χ3n) is 4.92. The minimum atomic E-state index is -0.389. The lowest BCUT2D eigenvalue weighted by Gasteiger charge is -2.02. The summed E-state index contributed by atoms with van der Waals surface area (Å²) in [5, 5.41) is 8.38. The molecule has 0 unspecified atom stereocenters. The highest BCUT2D eigenvalue weighted by atomic mass is 19.1. The van der Waals surface area contributed by atoms with E-state index in [0.717, 1.165) is 11.3 Å². The molecule has 2 aromatic carbocycles. The summed E-state index contributed by atoms with van der Waals surface area (Å²) in [6.45, 7) is 2.61. The number of ether oxygens (including phenoxy) is 1. The molecule has 0 saturated carbocycles. The minimum Gasteiger partial charge on any atom is -0.494 e. The Morgan fingerprint density at radius 1 is 1.06 bits per heavy atom. The summed E-state index contributed by atoms with van der Waals surface area (Å²) >= 11 is 0. The van der Waals surface area contributed by atoms with Crippen molar-refractivity contribution >= 4 is 5.52 Å². The van der Waals surface area contributed by atoms with Gasteiger partial charge in [-0.1, -0.05) is 17.3 Å². The van der Waals surface area contributed by atoms with Crippen LogP contribution < -0.4 is 10.3 Å². The van der Waals surface area contributed by atoms with Crippen molar-refractivity contribution in [2.45, 2.75) is 13.5 Å². The Labute approximate surface area is 181 Å². The number of fused-ring (bicyclic) bond motifs is 1. The van der Waals surface area contributed by atoms with E-state index in [4.69, 9.17) is 9.26 Å². The molecule has 0 bridgehead atoms. The number of rotatable bonds is 6. The number of hydrogen-bond acceptors (Lipinski definition) is 6. The monoisotopic (exact) mass is 431 g/mol. The highest BCUT2D eigenvalue weighted by Gasteiger charge is 2.13. The van der Waals surface area contributed by atoms with E-state index in [0.29, 0.717) is 23.4 Å². The van der Waals surface area contributed by atoms with Crippen LogP contribution in [0.5, 0.6) is 5.75 Å². The molecule has 0 fully saturated rings. The van der Waals surface area contributed by atoms with E-state index in [2.05, 4.69) is 15.2 Å². The zero-order valence-electron chi connectivity index (χ0n) is 17.1. The van der Waals surface area contributed by atoms with Crippen molar-refractivity contribution in [1.29, 1.82) is 0 Å². The van der Waals surface area contributed by atoms with E-state index in [1.807, 2.05) is 31.2 Å². The summed E-state index contributed by atoms with van der Waals surface area (Å²) in [6, 6.07) is 15.2. The molecule has 0 N–H and O–H groups in total. The Hall–Kier alpha value is -4.27. The molecule has 0 spiro atoms. The maximum Gasteiger partial charge on any atom is 0.277 e. The largest absolute Gasteiger partial charge is 0.494 e. The Kier molecular flexibility index (Phi) is 4.98. The Bertz CT molecular complexity index is 1450. The summed E-state index contributed by atoms with van der Waals surface area (Å²) in [7, 11) is 0. The predicted molar refractivity (Wildman–Crippen MR) is 115 cm³/mol. The van der Waals surface area contributed by atoms with Crippen LogP contribution in [0.4, 0.5) is 4.39 Å². The van der Waals surface area contributed by atoms with E-state index in [9.17, 15) is 9.18 Å². The first kappa shape index (κ1) is 19.7. The molecule has 0 saturated heterocycles. The molecule has 5 rings (SSSR count). The maximum absolute atomic E-state index is 13.4. The fraction of sp³-hybridized carbons (Fsp3) is 0.130. The van der Waals surface area contributed by atoms with Crippen LogP contribution in [0.15, 0.2) is 76.3 Å². The van der Waals surface area contributed by atoms with Gasteiger partial charge in [-0.15, -0.1) is 0 Å². The lowest BCUT2D eigenvalue weighted by atomic mass is 10.1.